The van der Waals surface area contributed by atoms with Gasteiger partial charge >= 0.3 is 5.97 Å². The second-order valence-electron chi connectivity index (χ2n) is 4.13. The number of carboxylic acid groups (broad SMARTS) is 1. The average Bonchev–Trinajstić information content (AvgIpc) is 3.08. The highest BCUT2D eigenvalue weighted by atomic mass is 35.5. The van der Waals surface area contributed by atoms with Crippen LogP contribution in [-0.2, 0) is 16.1 Å². The molecule has 2 atom stereocenters. The Morgan fingerprint density at radius 3 is 2.47 bits per heavy atom. The van der Waals surface area contributed by atoms with Crippen LogP contribution in [0.3, 0.4) is 0 Å². The van der Waals surface area contributed by atoms with Crippen LogP contribution in [0.1, 0.15) is 12.0 Å². The number of aliphatic carboxylic acids is 1. The number of hydrogen-bond acceptors (Lipinski definition) is 2. The highest BCUT2D eigenvalue weighted by molar-refractivity contribution is 6.30. The molecule has 1 saturated carbocycles. The lowest BCUT2D eigenvalue weighted by molar-refractivity contribution is -0.140. The van der Waals surface area contributed by atoms with Crippen LogP contribution < -0.4 is 5.32 Å². The van der Waals surface area contributed by atoms with Crippen molar-refractivity contribution in [2.24, 2.45) is 11.8 Å². The standard InChI is InChI=1S/C12H12ClNO3/c13-8-3-1-7(2-4-8)6-14-11(15)9-5-10(9)12(16)17/h1-4,9-10H,5-6H2,(H,14,15)(H,16,17)/t9-,10+/m1/s1. The molecule has 4 nitrogen and oxygen atoms in total. The van der Waals surface area contributed by atoms with Crippen molar-refractivity contribution in [1.29, 1.82) is 0 Å². The van der Waals surface area contributed by atoms with E-state index in [1.807, 2.05) is 12.1 Å². The normalized spacial score (nSPS) is 21.9. The van der Waals surface area contributed by atoms with Gasteiger partial charge in [0.1, 0.15) is 0 Å². The zero-order valence-electron chi connectivity index (χ0n) is 9.02. The van der Waals surface area contributed by atoms with Crippen LogP contribution in [0.15, 0.2) is 24.3 Å². The van der Waals surface area contributed by atoms with Crippen molar-refractivity contribution in [3.05, 3.63) is 34.9 Å². The Bertz CT molecular complexity index is 444. The van der Waals surface area contributed by atoms with E-state index in [4.69, 9.17) is 16.7 Å². The molecule has 0 aliphatic heterocycles. The third-order valence-corrected chi connectivity index (χ3v) is 3.08. The molecular formula is C12H12ClNO3. The summed E-state index contributed by atoms with van der Waals surface area (Å²) < 4.78 is 0. The van der Waals surface area contributed by atoms with E-state index in [9.17, 15) is 9.59 Å². The molecule has 1 fully saturated rings. The van der Waals surface area contributed by atoms with E-state index in [1.54, 1.807) is 12.1 Å². The lowest BCUT2D eigenvalue weighted by atomic mass is 10.2. The number of hydrogen-bond donors (Lipinski definition) is 2. The summed E-state index contributed by atoms with van der Waals surface area (Å²) >= 11 is 5.74. The van der Waals surface area contributed by atoms with Crippen molar-refractivity contribution >= 4 is 23.5 Å². The molecule has 0 unspecified atom stereocenters. The molecule has 0 aromatic heterocycles. The number of benzene rings is 1. The van der Waals surface area contributed by atoms with Gasteiger partial charge in [0.15, 0.2) is 0 Å². The highest BCUT2D eigenvalue weighted by Crippen LogP contribution is 2.38. The lowest BCUT2D eigenvalue weighted by Crippen LogP contribution is -2.25. The van der Waals surface area contributed by atoms with Crippen LogP contribution in [0.5, 0.6) is 0 Å². The fourth-order valence-electron chi connectivity index (χ4n) is 1.68. The van der Waals surface area contributed by atoms with Crippen molar-refractivity contribution in [3.63, 3.8) is 0 Å². The summed E-state index contributed by atoms with van der Waals surface area (Å²) in [6, 6.07) is 7.15. The summed E-state index contributed by atoms with van der Waals surface area (Å²) in [5.74, 6) is -1.94. The van der Waals surface area contributed by atoms with Crippen molar-refractivity contribution < 1.29 is 14.7 Å². The quantitative estimate of drug-likeness (QED) is 0.858. The van der Waals surface area contributed by atoms with Gasteiger partial charge in [-0.1, -0.05) is 23.7 Å². The Balaban J connectivity index is 1.81. The van der Waals surface area contributed by atoms with E-state index in [2.05, 4.69) is 5.32 Å². The SMILES string of the molecule is O=C(O)[C@H]1C[C@H]1C(=O)NCc1ccc(Cl)cc1. The Morgan fingerprint density at radius 1 is 1.29 bits per heavy atom. The predicted molar refractivity (Wildman–Crippen MR) is 62.5 cm³/mol. The van der Waals surface area contributed by atoms with Crippen LogP contribution in [-0.4, -0.2) is 17.0 Å². The molecule has 2 rings (SSSR count). The largest absolute Gasteiger partial charge is 0.481 e. The van der Waals surface area contributed by atoms with Gasteiger partial charge in [-0.05, 0) is 24.1 Å². The monoisotopic (exact) mass is 253 g/mol. The highest BCUT2D eigenvalue weighted by Gasteiger charge is 2.48. The van der Waals surface area contributed by atoms with E-state index in [1.165, 1.54) is 0 Å². The van der Waals surface area contributed by atoms with Gasteiger partial charge in [0.2, 0.25) is 5.91 Å². The number of halogens is 1. The molecule has 1 aliphatic carbocycles. The fraction of sp³-hybridized carbons (Fsp3) is 0.333. The van der Waals surface area contributed by atoms with E-state index < -0.39 is 11.9 Å². The third-order valence-electron chi connectivity index (χ3n) is 2.82. The van der Waals surface area contributed by atoms with Gasteiger partial charge in [-0.15, -0.1) is 0 Å². The Labute approximate surface area is 104 Å². The predicted octanol–water partition coefficient (Wildman–Crippen LogP) is 1.68. The third kappa shape index (κ3) is 2.97. The molecule has 0 spiro atoms. The first-order chi connectivity index (χ1) is 8.08. The number of rotatable bonds is 4. The van der Waals surface area contributed by atoms with Crippen LogP contribution >= 0.6 is 11.6 Å². The molecule has 0 bridgehead atoms. The molecular weight excluding hydrogens is 242 g/mol. The maximum absolute atomic E-state index is 11.6. The number of carbonyl (C=O) groups excluding carboxylic acids is 1. The molecule has 0 saturated heterocycles. The molecule has 1 aromatic carbocycles. The molecule has 1 amide bonds. The fourth-order valence-corrected chi connectivity index (χ4v) is 1.81. The van der Waals surface area contributed by atoms with Gasteiger partial charge in [-0.2, -0.15) is 0 Å². The van der Waals surface area contributed by atoms with Crippen molar-refractivity contribution in [2.75, 3.05) is 0 Å². The smallest absolute Gasteiger partial charge is 0.307 e. The number of carboxylic acids is 1. The van der Waals surface area contributed by atoms with Crippen LogP contribution in [0.25, 0.3) is 0 Å². The summed E-state index contributed by atoms with van der Waals surface area (Å²) in [6.07, 6.45) is 0.446. The molecule has 17 heavy (non-hydrogen) atoms. The number of nitrogens with one attached hydrogen (secondary N) is 1. The van der Waals surface area contributed by atoms with E-state index >= 15 is 0 Å². The molecule has 1 aliphatic rings. The number of carbonyl (C=O) groups is 2. The first kappa shape index (κ1) is 11.9. The molecule has 90 valence electrons. The zero-order chi connectivity index (χ0) is 12.4. The van der Waals surface area contributed by atoms with E-state index in [0.717, 1.165) is 5.56 Å². The second kappa shape index (κ2) is 4.75. The van der Waals surface area contributed by atoms with Gasteiger partial charge in [0.25, 0.3) is 0 Å². The zero-order valence-corrected chi connectivity index (χ0v) is 9.78. The average molecular weight is 254 g/mol. The minimum Gasteiger partial charge on any atom is -0.481 e. The molecule has 0 heterocycles. The molecule has 1 aromatic rings. The Hall–Kier alpha value is -1.55. The Kier molecular flexibility index (Phi) is 3.33. The first-order valence-electron chi connectivity index (χ1n) is 5.33. The van der Waals surface area contributed by atoms with Gasteiger partial charge in [-0.3, -0.25) is 9.59 Å². The number of amides is 1. The minimum atomic E-state index is -0.892. The van der Waals surface area contributed by atoms with Gasteiger partial charge in [0.05, 0.1) is 11.8 Å². The molecule has 0 radical (unpaired) electrons. The van der Waals surface area contributed by atoms with Crippen molar-refractivity contribution in [2.45, 2.75) is 13.0 Å². The lowest BCUT2D eigenvalue weighted by Gasteiger charge is -2.04. The van der Waals surface area contributed by atoms with Gasteiger partial charge in [0, 0.05) is 11.6 Å². The Morgan fingerprint density at radius 2 is 1.94 bits per heavy atom. The van der Waals surface area contributed by atoms with Crippen molar-refractivity contribution in [1.82, 2.24) is 5.32 Å². The summed E-state index contributed by atoms with van der Waals surface area (Å²) in [5, 5.41) is 12.1. The maximum Gasteiger partial charge on any atom is 0.307 e. The second-order valence-corrected chi connectivity index (χ2v) is 4.57. The van der Waals surface area contributed by atoms with Crippen LogP contribution in [0.2, 0.25) is 5.02 Å². The van der Waals surface area contributed by atoms with Gasteiger partial charge in [-0.25, -0.2) is 0 Å². The van der Waals surface area contributed by atoms with E-state index in [0.29, 0.717) is 18.0 Å². The maximum atomic E-state index is 11.6. The van der Waals surface area contributed by atoms with E-state index in [-0.39, 0.29) is 11.8 Å². The summed E-state index contributed by atoms with van der Waals surface area (Å²) in [4.78, 5) is 22.2. The van der Waals surface area contributed by atoms with Crippen LogP contribution in [0, 0.1) is 11.8 Å². The summed E-state index contributed by atoms with van der Waals surface area (Å²) in [6.45, 7) is 0.402. The topological polar surface area (TPSA) is 66.4 Å². The van der Waals surface area contributed by atoms with Crippen molar-refractivity contribution in [3.8, 4) is 0 Å². The summed E-state index contributed by atoms with van der Waals surface area (Å²) in [7, 11) is 0. The van der Waals surface area contributed by atoms with Crippen LogP contribution in [0.4, 0.5) is 0 Å². The molecule has 5 heteroatoms. The first-order valence-corrected chi connectivity index (χ1v) is 5.70. The minimum absolute atomic E-state index is 0.188. The molecule has 2 N–H and O–H groups in total. The van der Waals surface area contributed by atoms with Gasteiger partial charge < -0.3 is 10.4 Å². The summed E-state index contributed by atoms with van der Waals surface area (Å²) in [5.41, 5.74) is 0.940.